The van der Waals surface area contributed by atoms with Gasteiger partial charge in [-0.2, -0.15) is 0 Å². The molecule has 106 valence electrons. The maximum absolute atomic E-state index is 12.8. The Labute approximate surface area is 113 Å². The number of nitrogens with two attached hydrogens (primary N) is 1. The summed E-state index contributed by atoms with van der Waals surface area (Å²) in [6.45, 7) is 4.08. The molecule has 0 bridgehead atoms. The van der Waals surface area contributed by atoms with E-state index in [1.807, 2.05) is 13.8 Å². The van der Waals surface area contributed by atoms with Gasteiger partial charge in [-0.05, 0) is 23.6 Å². The molecule has 19 heavy (non-hydrogen) atoms. The number of amides is 1. The highest BCUT2D eigenvalue weighted by molar-refractivity contribution is 5.81. The van der Waals surface area contributed by atoms with Gasteiger partial charge in [0.05, 0.1) is 12.1 Å². The predicted octanol–water partition coefficient (Wildman–Crippen LogP) is 1.61. The molecule has 1 aromatic rings. The standard InChI is InChI=1S/C14H21FN2O2/c1-9(2)13(16)14(18)17-8-12(19-3)10-4-6-11(15)7-5-10/h4-7,9,12-13H,8,16H2,1-3H3,(H,17,18)/t12?,13-/m0/s1. The first-order valence-corrected chi connectivity index (χ1v) is 6.27. The molecular weight excluding hydrogens is 247 g/mol. The summed E-state index contributed by atoms with van der Waals surface area (Å²) in [7, 11) is 1.54. The number of halogens is 1. The van der Waals surface area contributed by atoms with E-state index in [4.69, 9.17) is 10.5 Å². The topological polar surface area (TPSA) is 64.3 Å². The van der Waals surface area contributed by atoms with E-state index in [9.17, 15) is 9.18 Å². The zero-order valence-electron chi connectivity index (χ0n) is 11.5. The second kappa shape index (κ2) is 7.21. The lowest BCUT2D eigenvalue weighted by Crippen LogP contribution is -2.45. The Bertz CT molecular complexity index is 406. The first kappa shape index (κ1) is 15.6. The number of hydrogen-bond acceptors (Lipinski definition) is 3. The lowest BCUT2D eigenvalue weighted by atomic mass is 10.0. The SMILES string of the molecule is COC(CNC(=O)[C@@H](N)C(C)C)c1ccc(F)cc1. The third-order valence-corrected chi connectivity index (χ3v) is 3.01. The van der Waals surface area contributed by atoms with Crippen LogP contribution in [0.4, 0.5) is 4.39 Å². The zero-order valence-corrected chi connectivity index (χ0v) is 11.5. The van der Waals surface area contributed by atoms with E-state index in [2.05, 4.69) is 5.32 Å². The summed E-state index contributed by atoms with van der Waals surface area (Å²) in [4.78, 5) is 11.7. The van der Waals surface area contributed by atoms with Gasteiger partial charge >= 0.3 is 0 Å². The first-order valence-electron chi connectivity index (χ1n) is 6.27. The largest absolute Gasteiger partial charge is 0.375 e. The molecule has 0 aliphatic carbocycles. The van der Waals surface area contributed by atoms with Crippen LogP contribution in [0.2, 0.25) is 0 Å². The van der Waals surface area contributed by atoms with E-state index in [1.54, 1.807) is 19.2 Å². The Morgan fingerprint density at radius 2 is 1.95 bits per heavy atom. The van der Waals surface area contributed by atoms with Gasteiger partial charge < -0.3 is 15.8 Å². The molecule has 0 radical (unpaired) electrons. The van der Waals surface area contributed by atoms with Gasteiger partial charge in [0.25, 0.3) is 0 Å². The number of ether oxygens (including phenoxy) is 1. The second-order valence-corrected chi connectivity index (χ2v) is 4.79. The molecule has 2 atom stereocenters. The molecule has 0 aliphatic rings. The van der Waals surface area contributed by atoms with E-state index in [-0.39, 0.29) is 23.7 Å². The van der Waals surface area contributed by atoms with E-state index in [1.165, 1.54) is 12.1 Å². The van der Waals surface area contributed by atoms with Crippen LogP contribution in [-0.4, -0.2) is 25.6 Å². The van der Waals surface area contributed by atoms with Crippen molar-refractivity contribution in [2.75, 3.05) is 13.7 Å². The van der Waals surface area contributed by atoms with Crippen LogP contribution in [0.15, 0.2) is 24.3 Å². The lowest BCUT2D eigenvalue weighted by molar-refractivity contribution is -0.123. The average Bonchev–Trinajstić information content (AvgIpc) is 2.40. The van der Waals surface area contributed by atoms with E-state index in [0.29, 0.717) is 6.54 Å². The Morgan fingerprint density at radius 1 is 1.37 bits per heavy atom. The maximum Gasteiger partial charge on any atom is 0.237 e. The van der Waals surface area contributed by atoms with E-state index in [0.717, 1.165) is 5.56 Å². The quantitative estimate of drug-likeness (QED) is 0.824. The highest BCUT2D eigenvalue weighted by Gasteiger charge is 2.19. The molecule has 1 aromatic carbocycles. The van der Waals surface area contributed by atoms with Crippen LogP contribution < -0.4 is 11.1 Å². The summed E-state index contributed by atoms with van der Waals surface area (Å²) in [5.41, 5.74) is 6.55. The molecule has 0 saturated carbocycles. The number of nitrogens with one attached hydrogen (secondary N) is 1. The number of carbonyl (C=O) groups is 1. The number of methoxy groups -OCH3 is 1. The molecule has 0 aliphatic heterocycles. The third kappa shape index (κ3) is 4.61. The molecule has 4 nitrogen and oxygen atoms in total. The van der Waals surface area contributed by atoms with Gasteiger partial charge in [-0.25, -0.2) is 4.39 Å². The van der Waals surface area contributed by atoms with Gasteiger partial charge in [0.15, 0.2) is 0 Å². The number of hydrogen-bond donors (Lipinski definition) is 2. The van der Waals surface area contributed by atoms with E-state index >= 15 is 0 Å². The minimum Gasteiger partial charge on any atom is -0.375 e. The first-order chi connectivity index (χ1) is 8.95. The molecule has 0 aromatic heterocycles. The van der Waals surface area contributed by atoms with Gasteiger partial charge in [0.2, 0.25) is 5.91 Å². The smallest absolute Gasteiger partial charge is 0.237 e. The Morgan fingerprint density at radius 3 is 2.42 bits per heavy atom. The van der Waals surface area contributed by atoms with Crippen molar-refractivity contribution in [2.24, 2.45) is 11.7 Å². The van der Waals surface area contributed by atoms with Crippen molar-refractivity contribution >= 4 is 5.91 Å². The summed E-state index contributed by atoms with van der Waals surface area (Å²) in [6, 6.07) is 5.47. The Hall–Kier alpha value is -1.46. The molecular formula is C14H21FN2O2. The van der Waals surface area contributed by atoms with Crippen molar-refractivity contribution in [1.82, 2.24) is 5.32 Å². The van der Waals surface area contributed by atoms with Crippen molar-refractivity contribution < 1.29 is 13.9 Å². The fourth-order valence-corrected chi connectivity index (χ4v) is 1.63. The van der Waals surface area contributed by atoms with Crippen LogP contribution >= 0.6 is 0 Å². The van der Waals surface area contributed by atoms with Crippen molar-refractivity contribution in [1.29, 1.82) is 0 Å². The minimum atomic E-state index is -0.536. The second-order valence-electron chi connectivity index (χ2n) is 4.79. The summed E-state index contributed by atoms with van der Waals surface area (Å²) >= 11 is 0. The predicted molar refractivity (Wildman–Crippen MR) is 72.0 cm³/mol. The van der Waals surface area contributed by atoms with Gasteiger partial charge in [-0.1, -0.05) is 26.0 Å². The van der Waals surface area contributed by atoms with Crippen LogP contribution in [0.1, 0.15) is 25.5 Å². The van der Waals surface area contributed by atoms with Crippen LogP contribution in [0.25, 0.3) is 0 Å². The summed E-state index contributed by atoms with van der Waals surface area (Å²) < 4.78 is 18.1. The summed E-state index contributed by atoms with van der Waals surface area (Å²) in [5.74, 6) is -0.435. The van der Waals surface area contributed by atoms with Gasteiger partial charge in [-0.15, -0.1) is 0 Å². The monoisotopic (exact) mass is 268 g/mol. The van der Waals surface area contributed by atoms with Crippen molar-refractivity contribution in [2.45, 2.75) is 26.0 Å². The average molecular weight is 268 g/mol. The third-order valence-electron chi connectivity index (χ3n) is 3.01. The number of benzene rings is 1. The number of rotatable bonds is 6. The molecule has 0 saturated heterocycles. The highest BCUT2D eigenvalue weighted by atomic mass is 19.1. The molecule has 5 heteroatoms. The van der Waals surface area contributed by atoms with Crippen molar-refractivity contribution in [3.8, 4) is 0 Å². The molecule has 1 rings (SSSR count). The highest BCUT2D eigenvalue weighted by Crippen LogP contribution is 2.16. The van der Waals surface area contributed by atoms with Gasteiger partial charge in [0.1, 0.15) is 5.82 Å². The molecule has 1 amide bonds. The summed E-state index contributed by atoms with van der Waals surface area (Å²) in [5, 5.41) is 2.75. The van der Waals surface area contributed by atoms with Crippen molar-refractivity contribution in [3.05, 3.63) is 35.6 Å². The fourth-order valence-electron chi connectivity index (χ4n) is 1.63. The Kier molecular flexibility index (Phi) is 5.92. The van der Waals surface area contributed by atoms with Gasteiger partial charge in [-0.3, -0.25) is 4.79 Å². The molecule has 1 unspecified atom stereocenters. The number of carbonyl (C=O) groups excluding carboxylic acids is 1. The summed E-state index contributed by atoms with van der Waals surface area (Å²) in [6.07, 6.45) is -0.316. The fraction of sp³-hybridized carbons (Fsp3) is 0.500. The van der Waals surface area contributed by atoms with E-state index < -0.39 is 6.04 Å². The molecule has 0 spiro atoms. The van der Waals surface area contributed by atoms with Crippen molar-refractivity contribution in [3.63, 3.8) is 0 Å². The lowest BCUT2D eigenvalue weighted by Gasteiger charge is -2.19. The Balaban J connectivity index is 2.58. The van der Waals surface area contributed by atoms with Crippen LogP contribution in [0.5, 0.6) is 0 Å². The van der Waals surface area contributed by atoms with Crippen LogP contribution in [-0.2, 0) is 9.53 Å². The normalized spacial score (nSPS) is 14.2. The van der Waals surface area contributed by atoms with Crippen LogP contribution in [0, 0.1) is 11.7 Å². The molecule has 0 heterocycles. The zero-order chi connectivity index (χ0) is 14.4. The molecule has 3 N–H and O–H groups in total. The van der Waals surface area contributed by atoms with Gasteiger partial charge in [0, 0.05) is 13.7 Å². The maximum atomic E-state index is 12.8. The minimum absolute atomic E-state index is 0.0758. The molecule has 0 fully saturated rings. The van der Waals surface area contributed by atoms with Crippen LogP contribution in [0.3, 0.4) is 0 Å².